The molecule has 14 heavy (non-hydrogen) atoms. The van der Waals surface area contributed by atoms with Crippen molar-refractivity contribution < 1.29 is 4.79 Å². The molecule has 2 N–H and O–H groups in total. The van der Waals surface area contributed by atoms with Gasteiger partial charge in [0.15, 0.2) is 0 Å². The Hall–Kier alpha value is -1.51. The second kappa shape index (κ2) is 2.50. The summed E-state index contributed by atoms with van der Waals surface area (Å²) in [7, 11) is 0. The van der Waals surface area contributed by atoms with E-state index in [0.717, 1.165) is 13.1 Å². The van der Waals surface area contributed by atoms with Gasteiger partial charge in [0.25, 0.3) is 0 Å². The fourth-order valence-corrected chi connectivity index (χ4v) is 2.47. The molecular formula is C11H12N2O. The van der Waals surface area contributed by atoms with Crippen LogP contribution >= 0.6 is 0 Å². The van der Waals surface area contributed by atoms with Crippen molar-refractivity contribution in [2.45, 2.75) is 11.8 Å². The van der Waals surface area contributed by atoms with E-state index in [9.17, 15) is 4.79 Å². The van der Waals surface area contributed by atoms with Crippen molar-refractivity contribution in [1.82, 2.24) is 5.32 Å². The first-order valence-corrected chi connectivity index (χ1v) is 4.90. The lowest BCUT2D eigenvalue weighted by Gasteiger charge is -2.19. The highest BCUT2D eigenvalue weighted by Gasteiger charge is 2.44. The molecule has 1 atom stereocenters. The maximum absolute atomic E-state index is 11.3. The number of benzene rings is 1. The van der Waals surface area contributed by atoms with E-state index in [1.54, 1.807) is 0 Å². The SMILES string of the molecule is O=C1CC2(CN1)CNc1ccccc12. The van der Waals surface area contributed by atoms with Gasteiger partial charge in [0.1, 0.15) is 0 Å². The number of rotatable bonds is 0. The first-order valence-electron chi connectivity index (χ1n) is 4.90. The molecule has 3 rings (SSSR count). The molecule has 0 saturated carbocycles. The zero-order valence-corrected chi connectivity index (χ0v) is 7.84. The smallest absolute Gasteiger partial charge is 0.221 e. The van der Waals surface area contributed by atoms with Crippen LogP contribution in [0.4, 0.5) is 5.69 Å². The average Bonchev–Trinajstić information content (AvgIpc) is 2.75. The fourth-order valence-electron chi connectivity index (χ4n) is 2.47. The molecule has 72 valence electrons. The lowest BCUT2D eigenvalue weighted by atomic mass is 9.81. The van der Waals surface area contributed by atoms with Crippen molar-refractivity contribution in [3.8, 4) is 0 Å². The molecule has 0 bridgehead atoms. The number of anilines is 1. The zero-order valence-electron chi connectivity index (χ0n) is 7.84. The molecular weight excluding hydrogens is 176 g/mol. The third-order valence-corrected chi connectivity index (χ3v) is 3.24. The molecule has 1 aromatic rings. The molecule has 1 saturated heterocycles. The minimum atomic E-state index is 0.0215. The van der Waals surface area contributed by atoms with Gasteiger partial charge in [-0.25, -0.2) is 0 Å². The second-order valence-electron chi connectivity index (χ2n) is 4.13. The molecule has 0 aromatic heterocycles. The monoisotopic (exact) mass is 188 g/mol. The zero-order chi connectivity index (χ0) is 9.60. The summed E-state index contributed by atoms with van der Waals surface area (Å²) >= 11 is 0. The van der Waals surface area contributed by atoms with Gasteiger partial charge < -0.3 is 10.6 Å². The van der Waals surface area contributed by atoms with Crippen LogP contribution < -0.4 is 10.6 Å². The number of amides is 1. The molecule has 1 amide bonds. The Bertz CT molecular complexity index is 402. The molecule has 1 unspecified atom stereocenters. The number of hydrogen-bond acceptors (Lipinski definition) is 2. The van der Waals surface area contributed by atoms with E-state index in [4.69, 9.17) is 0 Å². The first-order chi connectivity index (χ1) is 6.80. The number of carbonyl (C=O) groups is 1. The second-order valence-corrected chi connectivity index (χ2v) is 4.13. The summed E-state index contributed by atoms with van der Waals surface area (Å²) in [4.78, 5) is 11.3. The molecule has 3 heteroatoms. The summed E-state index contributed by atoms with van der Waals surface area (Å²) < 4.78 is 0. The number of nitrogens with one attached hydrogen (secondary N) is 2. The normalized spacial score (nSPS) is 28.7. The predicted octanol–water partition coefficient (Wildman–Crippen LogP) is 0.870. The van der Waals surface area contributed by atoms with Crippen LogP contribution in [0.1, 0.15) is 12.0 Å². The Morgan fingerprint density at radius 3 is 2.71 bits per heavy atom. The van der Waals surface area contributed by atoms with Crippen molar-refractivity contribution in [1.29, 1.82) is 0 Å². The van der Waals surface area contributed by atoms with Crippen LogP contribution in [-0.2, 0) is 10.2 Å². The third-order valence-electron chi connectivity index (χ3n) is 3.24. The van der Waals surface area contributed by atoms with E-state index >= 15 is 0 Å². The maximum atomic E-state index is 11.3. The summed E-state index contributed by atoms with van der Waals surface area (Å²) in [6, 6.07) is 8.26. The molecule has 0 aliphatic carbocycles. The molecule has 1 spiro atoms. The van der Waals surface area contributed by atoms with Gasteiger partial charge in [0.05, 0.1) is 0 Å². The Morgan fingerprint density at radius 2 is 1.93 bits per heavy atom. The van der Waals surface area contributed by atoms with Crippen molar-refractivity contribution in [3.05, 3.63) is 29.8 Å². The van der Waals surface area contributed by atoms with E-state index in [1.165, 1.54) is 11.3 Å². The molecule has 1 fully saturated rings. The molecule has 0 radical (unpaired) electrons. The van der Waals surface area contributed by atoms with E-state index in [2.05, 4.69) is 22.8 Å². The quantitative estimate of drug-likeness (QED) is 0.634. The summed E-state index contributed by atoms with van der Waals surface area (Å²) in [5, 5.41) is 6.28. The average molecular weight is 188 g/mol. The highest BCUT2D eigenvalue weighted by molar-refractivity contribution is 5.82. The highest BCUT2D eigenvalue weighted by Crippen LogP contribution is 2.40. The van der Waals surface area contributed by atoms with Crippen molar-refractivity contribution >= 4 is 11.6 Å². The standard InChI is InChI=1S/C11H12N2O/c14-10-5-11(7-13-10)6-12-9-4-2-1-3-8(9)11/h1-4,12H,5-7H2,(H,13,14). The maximum Gasteiger partial charge on any atom is 0.221 e. The van der Waals surface area contributed by atoms with E-state index in [0.29, 0.717) is 6.42 Å². The lowest BCUT2D eigenvalue weighted by Crippen LogP contribution is -2.30. The van der Waals surface area contributed by atoms with Gasteiger partial charge in [-0.1, -0.05) is 18.2 Å². The molecule has 1 aromatic carbocycles. The third kappa shape index (κ3) is 0.895. The van der Waals surface area contributed by atoms with Crippen LogP contribution in [0.3, 0.4) is 0 Å². The Kier molecular flexibility index (Phi) is 1.40. The number of fused-ring (bicyclic) bond motifs is 2. The summed E-state index contributed by atoms with van der Waals surface area (Å²) in [5.41, 5.74) is 2.50. The Balaban J connectivity index is 2.09. The summed E-state index contributed by atoms with van der Waals surface area (Å²) in [5.74, 6) is 0.170. The van der Waals surface area contributed by atoms with E-state index in [-0.39, 0.29) is 11.3 Å². The largest absolute Gasteiger partial charge is 0.384 e. The van der Waals surface area contributed by atoms with Crippen LogP contribution in [0, 0.1) is 0 Å². The van der Waals surface area contributed by atoms with Gasteiger partial charge in [-0.15, -0.1) is 0 Å². The van der Waals surface area contributed by atoms with E-state index < -0.39 is 0 Å². The molecule has 2 aliphatic heterocycles. The topological polar surface area (TPSA) is 41.1 Å². The number of hydrogen-bond donors (Lipinski definition) is 2. The van der Waals surface area contributed by atoms with Crippen LogP contribution in [0.2, 0.25) is 0 Å². The summed E-state index contributed by atoms with van der Waals surface area (Å²) in [6.45, 7) is 1.65. The minimum absolute atomic E-state index is 0.0215. The Morgan fingerprint density at radius 1 is 1.14 bits per heavy atom. The number of para-hydroxylation sites is 1. The highest BCUT2D eigenvalue weighted by atomic mass is 16.1. The number of carbonyl (C=O) groups excluding carboxylic acids is 1. The minimum Gasteiger partial charge on any atom is -0.384 e. The van der Waals surface area contributed by atoms with Crippen LogP contribution in [-0.4, -0.2) is 19.0 Å². The van der Waals surface area contributed by atoms with Gasteiger partial charge in [-0.2, -0.15) is 0 Å². The predicted molar refractivity (Wildman–Crippen MR) is 54.2 cm³/mol. The van der Waals surface area contributed by atoms with Crippen LogP contribution in [0.25, 0.3) is 0 Å². The molecule has 3 nitrogen and oxygen atoms in total. The first kappa shape index (κ1) is 7.85. The summed E-state index contributed by atoms with van der Waals surface area (Å²) in [6.07, 6.45) is 0.622. The van der Waals surface area contributed by atoms with E-state index in [1.807, 2.05) is 12.1 Å². The van der Waals surface area contributed by atoms with Gasteiger partial charge in [-0.3, -0.25) is 4.79 Å². The Labute approximate surface area is 82.5 Å². The fraction of sp³-hybridized carbons (Fsp3) is 0.364. The van der Waals surface area contributed by atoms with Gasteiger partial charge in [0.2, 0.25) is 5.91 Å². The molecule has 2 heterocycles. The van der Waals surface area contributed by atoms with Gasteiger partial charge in [0, 0.05) is 30.6 Å². The van der Waals surface area contributed by atoms with Crippen LogP contribution in [0.15, 0.2) is 24.3 Å². The van der Waals surface area contributed by atoms with Crippen LogP contribution in [0.5, 0.6) is 0 Å². The van der Waals surface area contributed by atoms with Gasteiger partial charge in [-0.05, 0) is 11.6 Å². The molecule has 2 aliphatic rings. The van der Waals surface area contributed by atoms with Crippen molar-refractivity contribution in [2.24, 2.45) is 0 Å². The van der Waals surface area contributed by atoms with Gasteiger partial charge >= 0.3 is 0 Å². The van der Waals surface area contributed by atoms with Crippen molar-refractivity contribution in [3.63, 3.8) is 0 Å². The van der Waals surface area contributed by atoms with Crippen molar-refractivity contribution in [2.75, 3.05) is 18.4 Å². The lowest BCUT2D eigenvalue weighted by molar-refractivity contribution is -0.119.